The maximum Gasteiger partial charge on any atom is 0.360 e. The number of rotatable bonds is 3. The van der Waals surface area contributed by atoms with Crippen LogP contribution in [0.2, 0.25) is 0 Å². The number of thiazole rings is 1. The van der Waals surface area contributed by atoms with Crippen molar-refractivity contribution in [1.29, 1.82) is 0 Å². The lowest BCUT2D eigenvalue weighted by Crippen LogP contribution is -2.15. The fraction of sp³-hybridized carbons (Fsp3) is 0.167. The number of carboxylic acids is 1. The normalized spacial score (nSPS) is 11.2. The molecule has 5 nitrogen and oxygen atoms in total. The van der Waals surface area contributed by atoms with Gasteiger partial charge in [-0.15, -0.1) is 11.3 Å². The summed E-state index contributed by atoms with van der Waals surface area (Å²) in [5.41, 5.74) is 1.66. The summed E-state index contributed by atoms with van der Waals surface area (Å²) in [6.07, 6.45) is 0. The van der Waals surface area contributed by atoms with Crippen molar-refractivity contribution in [3.8, 4) is 0 Å². The van der Waals surface area contributed by atoms with Gasteiger partial charge >= 0.3 is 5.97 Å². The maximum absolute atomic E-state index is 10.5. The molecule has 0 saturated carbocycles. The van der Waals surface area contributed by atoms with Gasteiger partial charge in [0.1, 0.15) is 12.8 Å². The molecule has 0 saturated heterocycles. The van der Waals surface area contributed by atoms with E-state index in [0.717, 1.165) is 0 Å². The molecular weight excluding hydrogens is 180 g/mol. The standard InChI is InChI=1S/C6H6N2O3S/c1-11-8-5(6(9)10)4-2-12-3-7-4/h2-3H,1H3,(H,9,10)/b8-5-. The van der Waals surface area contributed by atoms with Gasteiger partial charge in [0.05, 0.1) is 5.51 Å². The van der Waals surface area contributed by atoms with Crippen molar-refractivity contribution in [3.63, 3.8) is 0 Å². The Morgan fingerprint density at radius 3 is 3.00 bits per heavy atom. The third kappa shape index (κ3) is 1.79. The third-order valence-electron chi connectivity index (χ3n) is 1.06. The highest BCUT2D eigenvalue weighted by atomic mass is 32.1. The number of hydrogen-bond donors (Lipinski definition) is 1. The summed E-state index contributed by atoms with van der Waals surface area (Å²) in [6, 6.07) is 0. The predicted octanol–water partition coefficient (Wildman–Crippen LogP) is 0.578. The first-order chi connectivity index (χ1) is 5.75. The van der Waals surface area contributed by atoms with Crippen LogP contribution >= 0.6 is 11.3 Å². The van der Waals surface area contributed by atoms with Crippen molar-refractivity contribution in [2.24, 2.45) is 5.16 Å². The summed E-state index contributed by atoms with van der Waals surface area (Å²) in [7, 11) is 1.29. The molecule has 1 rings (SSSR count). The minimum absolute atomic E-state index is 0.182. The van der Waals surface area contributed by atoms with Crippen LogP contribution in [-0.4, -0.2) is 28.9 Å². The Morgan fingerprint density at radius 2 is 2.58 bits per heavy atom. The first kappa shape index (κ1) is 8.66. The first-order valence-electron chi connectivity index (χ1n) is 2.98. The molecule has 1 aromatic heterocycles. The smallest absolute Gasteiger partial charge is 0.360 e. The van der Waals surface area contributed by atoms with Crippen LogP contribution in [0, 0.1) is 0 Å². The first-order valence-corrected chi connectivity index (χ1v) is 3.93. The van der Waals surface area contributed by atoms with Gasteiger partial charge < -0.3 is 9.94 Å². The Bertz CT molecular complexity index is 294. The SMILES string of the molecule is CO/N=C(\C(=O)O)c1cscn1. The average molecular weight is 186 g/mol. The summed E-state index contributed by atoms with van der Waals surface area (Å²) < 4.78 is 0. The Labute approximate surface area is 72.3 Å². The number of oxime groups is 1. The van der Waals surface area contributed by atoms with Gasteiger partial charge in [0.2, 0.25) is 5.71 Å². The molecule has 0 amide bonds. The lowest BCUT2D eigenvalue weighted by atomic mass is 10.3. The van der Waals surface area contributed by atoms with Crippen LogP contribution in [-0.2, 0) is 9.63 Å². The summed E-state index contributed by atoms with van der Waals surface area (Å²) >= 11 is 1.30. The number of hydrogen-bond acceptors (Lipinski definition) is 5. The van der Waals surface area contributed by atoms with Crippen molar-refractivity contribution in [1.82, 2.24) is 4.98 Å². The molecule has 0 spiro atoms. The van der Waals surface area contributed by atoms with Crippen LogP contribution in [0.15, 0.2) is 16.0 Å². The van der Waals surface area contributed by atoms with E-state index in [1.165, 1.54) is 24.0 Å². The van der Waals surface area contributed by atoms with Crippen LogP contribution in [0.1, 0.15) is 5.69 Å². The Balaban J connectivity index is 2.96. The van der Waals surface area contributed by atoms with Gasteiger partial charge in [-0.2, -0.15) is 0 Å². The summed E-state index contributed by atoms with van der Waals surface area (Å²) in [4.78, 5) is 18.7. The van der Waals surface area contributed by atoms with E-state index in [0.29, 0.717) is 5.69 Å². The van der Waals surface area contributed by atoms with E-state index in [1.54, 1.807) is 5.38 Å². The zero-order valence-corrected chi connectivity index (χ0v) is 7.04. The molecule has 1 aromatic rings. The zero-order chi connectivity index (χ0) is 8.97. The Hall–Kier alpha value is -1.43. The lowest BCUT2D eigenvalue weighted by molar-refractivity contribution is -0.129. The minimum atomic E-state index is -1.15. The maximum atomic E-state index is 10.5. The molecule has 0 atom stereocenters. The second-order valence-corrected chi connectivity index (χ2v) is 2.52. The molecule has 12 heavy (non-hydrogen) atoms. The van der Waals surface area contributed by atoms with E-state index in [2.05, 4.69) is 15.0 Å². The molecule has 6 heteroatoms. The highest BCUT2D eigenvalue weighted by Gasteiger charge is 2.14. The quantitative estimate of drug-likeness (QED) is 0.553. The highest BCUT2D eigenvalue weighted by Crippen LogP contribution is 2.03. The summed E-state index contributed by atoms with van der Waals surface area (Å²) in [6.45, 7) is 0. The van der Waals surface area contributed by atoms with Crippen LogP contribution in [0.5, 0.6) is 0 Å². The minimum Gasteiger partial charge on any atom is -0.476 e. The van der Waals surface area contributed by atoms with E-state index in [9.17, 15) is 4.79 Å². The van der Waals surface area contributed by atoms with Crippen molar-refractivity contribution in [3.05, 3.63) is 16.6 Å². The van der Waals surface area contributed by atoms with E-state index in [-0.39, 0.29) is 5.71 Å². The van der Waals surface area contributed by atoms with Crippen LogP contribution in [0.4, 0.5) is 0 Å². The van der Waals surface area contributed by atoms with Crippen LogP contribution in [0.25, 0.3) is 0 Å². The molecule has 64 valence electrons. The zero-order valence-electron chi connectivity index (χ0n) is 6.22. The molecular formula is C6H6N2O3S. The van der Waals surface area contributed by atoms with Gasteiger partial charge in [0.15, 0.2) is 0 Å². The van der Waals surface area contributed by atoms with Gasteiger partial charge in [0.25, 0.3) is 0 Å². The van der Waals surface area contributed by atoms with Crippen LogP contribution in [0.3, 0.4) is 0 Å². The fourth-order valence-corrected chi connectivity index (χ4v) is 1.15. The van der Waals surface area contributed by atoms with Gasteiger partial charge in [-0.05, 0) is 0 Å². The topological polar surface area (TPSA) is 71.8 Å². The van der Waals surface area contributed by atoms with Gasteiger partial charge in [0, 0.05) is 5.38 Å². The largest absolute Gasteiger partial charge is 0.476 e. The van der Waals surface area contributed by atoms with Gasteiger partial charge in [-0.1, -0.05) is 5.16 Å². The van der Waals surface area contributed by atoms with Gasteiger partial charge in [-0.25, -0.2) is 9.78 Å². The molecule has 1 heterocycles. The predicted molar refractivity (Wildman–Crippen MR) is 43.3 cm³/mol. The molecule has 0 bridgehead atoms. The summed E-state index contributed by atoms with van der Waals surface area (Å²) in [5, 5.41) is 13.5. The lowest BCUT2D eigenvalue weighted by Gasteiger charge is -1.93. The van der Waals surface area contributed by atoms with E-state index in [1.807, 2.05) is 0 Å². The molecule has 0 radical (unpaired) electrons. The van der Waals surface area contributed by atoms with Crippen LogP contribution < -0.4 is 0 Å². The molecule has 0 aliphatic carbocycles. The van der Waals surface area contributed by atoms with Crippen molar-refractivity contribution >= 4 is 23.0 Å². The number of nitrogens with zero attached hydrogens (tertiary/aromatic N) is 2. The summed E-state index contributed by atoms with van der Waals surface area (Å²) in [5.74, 6) is -1.15. The number of aliphatic carboxylic acids is 1. The second kappa shape index (κ2) is 3.82. The molecule has 0 fully saturated rings. The molecule has 0 unspecified atom stereocenters. The monoisotopic (exact) mass is 186 g/mol. The van der Waals surface area contributed by atoms with E-state index < -0.39 is 5.97 Å². The third-order valence-corrected chi connectivity index (χ3v) is 1.65. The fourth-order valence-electron chi connectivity index (χ4n) is 0.616. The second-order valence-electron chi connectivity index (χ2n) is 1.80. The van der Waals surface area contributed by atoms with Crippen molar-refractivity contribution < 1.29 is 14.7 Å². The highest BCUT2D eigenvalue weighted by molar-refractivity contribution is 7.07. The molecule has 1 N–H and O–H groups in total. The average Bonchev–Trinajstić information content (AvgIpc) is 2.51. The van der Waals surface area contributed by atoms with E-state index in [4.69, 9.17) is 5.11 Å². The van der Waals surface area contributed by atoms with Gasteiger partial charge in [-0.3, -0.25) is 0 Å². The molecule has 0 aromatic carbocycles. The number of aromatic nitrogens is 1. The number of carboxylic acid groups (broad SMARTS) is 1. The number of carbonyl (C=O) groups is 1. The van der Waals surface area contributed by atoms with E-state index >= 15 is 0 Å². The Kier molecular flexibility index (Phi) is 2.76. The molecule has 0 aliphatic rings. The van der Waals surface area contributed by atoms with Crippen molar-refractivity contribution in [2.75, 3.05) is 7.11 Å². The Morgan fingerprint density at radius 1 is 1.83 bits per heavy atom. The van der Waals surface area contributed by atoms with Crippen molar-refractivity contribution in [2.45, 2.75) is 0 Å². The molecule has 0 aliphatic heterocycles.